The van der Waals surface area contributed by atoms with Crippen LogP contribution in [0.3, 0.4) is 0 Å². The standard InChI is InChI=1S/C21H25N3O4/c1-4-18(21(26)22-3)23(14-16-11-9-15(2)10-12-16)20(25)13-17-7-5-6-8-19(17)24(27)28/h5-12,18H,4,13-14H2,1-3H3,(H,22,26)/t18-/m0/s1. The number of hydrogen-bond acceptors (Lipinski definition) is 4. The third-order valence-corrected chi connectivity index (χ3v) is 4.64. The number of aryl methyl sites for hydroxylation is 1. The first-order valence-corrected chi connectivity index (χ1v) is 9.16. The van der Waals surface area contributed by atoms with Crippen LogP contribution in [-0.2, 0) is 22.6 Å². The first-order valence-electron chi connectivity index (χ1n) is 9.16. The van der Waals surface area contributed by atoms with Crippen molar-refractivity contribution in [3.63, 3.8) is 0 Å². The number of rotatable bonds is 8. The Hall–Kier alpha value is -3.22. The molecule has 0 bridgehead atoms. The molecule has 7 heteroatoms. The molecule has 0 unspecified atom stereocenters. The van der Waals surface area contributed by atoms with Gasteiger partial charge in [-0.05, 0) is 18.9 Å². The number of likely N-dealkylation sites (N-methyl/N-ethyl adjacent to an activating group) is 1. The number of nitro benzene ring substituents is 1. The highest BCUT2D eigenvalue weighted by Crippen LogP contribution is 2.21. The van der Waals surface area contributed by atoms with Crippen LogP contribution in [0.15, 0.2) is 48.5 Å². The fraction of sp³-hybridized carbons (Fsp3) is 0.333. The number of hydrogen-bond donors (Lipinski definition) is 1. The van der Waals surface area contributed by atoms with Crippen molar-refractivity contribution in [3.05, 3.63) is 75.3 Å². The molecule has 0 aromatic heterocycles. The fourth-order valence-corrected chi connectivity index (χ4v) is 3.08. The molecule has 7 nitrogen and oxygen atoms in total. The first kappa shape index (κ1) is 21.1. The monoisotopic (exact) mass is 383 g/mol. The van der Waals surface area contributed by atoms with E-state index in [4.69, 9.17) is 0 Å². The van der Waals surface area contributed by atoms with Gasteiger partial charge in [-0.25, -0.2) is 0 Å². The highest BCUT2D eigenvalue weighted by Gasteiger charge is 2.29. The molecule has 2 aromatic carbocycles. The average molecular weight is 383 g/mol. The highest BCUT2D eigenvalue weighted by atomic mass is 16.6. The van der Waals surface area contributed by atoms with Crippen LogP contribution < -0.4 is 5.32 Å². The smallest absolute Gasteiger partial charge is 0.273 e. The Balaban J connectivity index is 2.34. The molecule has 1 N–H and O–H groups in total. The van der Waals surface area contributed by atoms with E-state index in [9.17, 15) is 19.7 Å². The molecule has 0 aliphatic carbocycles. The predicted octanol–water partition coefficient (Wildman–Crippen LogP) is 3.00. The van der Waals surface area contributed by atoms with Crippen molar-refractivity contribution < 1.29 is 14.5 Å². The summed E-state index contributed by atoms with van der Waals surface area (Å²) in [6, 6.07) is 13.2. The molecule has 28 heavy (non-hydrogen) atoms. The maximum Gasteiger partial charge on any atom is 0.273 e. The van der Waals surface area contributed by atoms with Crippen LogP contribution in [0.4, 0.5) is 5.69 Å². The van der Waals surface area contributed by atoms with E-state index in [0.717, 1.165) is 11.1 Å². The van der Waals surface area contributed by atoms with Crippen molar-refractivity contribution in [2.45, 2.75) is 39.3 Å². The minimum Gasteiger partial charge on any atom is -0.357 e. The Labute approximate surface area is 164 Å². The van der Waals surface area contributed by atoms with E-state index in [1.807, 2.05) is 38.1 Å². The lowest BCUT2D eigenvalue weighted by Crippen LogP contribution is -2.48. The molecule has 0 saturated heterocycles. The van der Waals surface area contributed by atoms with Crippen molar-refractivity contribution in [1.29, 1.82) is 0 Å². The summed E-state index contributed by atoms with van der Waals surface area (Å²) in [6.45, 7) is 4.06. The second-order valence-electron chi connectivity index (χ2n) is 6.61. The number of carbonyl (C=O) groups is 2. The molecule has 0 fully saturated rings. The summed E-state index contributed by atoms with van der Waals surface area (Å²) in [5, 5.41) is 13.9. The van der Waals surface area contributed by atoms with Crippen molar-refractivity contribution in [2.24, 2.45) is 0 Å². The van der Waals surface area contributed by atoms with E-state index < -0.39 is 11.0 Å². The molecule has 148 valence electrons. The van der Waals surface area contributed by atoms with Crippen molar-refractivity contribution in [1.82, 2.24) is 10.2 Å². The van der Waals surface area contributed by atoms with E-state index >= 15 is 0 Å². The molecule has 2 rings (SSSR count). The average Bonchev–Trinajstić information content (AvgIpc) is 2.69. The molecule has 0 saturated carbocycles. The number of nitrogens with zero attached hydrogens (tertiary/aromatic N) is 2. The van der Waals surface area contributed by atoms with E-state index in [-0.39, 0.29) is 30.5 Å². The lowest BCUT2D eigenvalue weighted by Gasteiger charge is -2.30. The Morgan fingerprint density at radius 3 is 2.36 bits per heavy atom. The summed E-state index contributed by atoms with van der Waals surface area (Å²) < 4.78 is 0. The Morgan fingerprint density at radius 1 is 1.14 bits per heavy atom. The van der Waals surface area contributed by atoms with Crippen LogP contribution in [0.25, 0.3) is 0 Å². The number of para-hydroxylation sites is 1. The van der Waals surface area contributed by atoms with Gasteiger partial charge < -0.3 is 10.2 Å². The molecule has 2 aromatic rings. The van der Waals surface area contributed by atoms with Gasteiger partial charge in [0.1, 0.15) is 6.04 Å². The summed E-state index contributed by atoms with van der Waals surface area (Å²) in [4.78, 5) is 37.7. The van der Waals surface area contributed by atoms with Gasteiger partial charge in [0.2, 0.25) is 11.8 Å². The Bertz CT molecular complexity index is 849. The largest absolute Gasteiger partial charge is 0.357 e. The lowest BCUT2D eigenvalue weighted by atomic mass is 10.0. The zero-order chi connectivity index (χ0) is 20.7. The van der Waals surface area contributed by atoms with Gasteiger partial charge in [-0.15, -0.1) is 0 Å². The normalized spacial score (nSPS) is 11.5. The fourth-order valence-electron chi connectivity index (χ4n) is 3.08. The number of nitro groups is 1. The third-order valence-electron chi connectivity index (χ3n) is 4.64. The van der Waals surface area contributed by atoms with E-state index in [0.29, 0.717) is 12.0 Å². The van der Waals surface area contributed by atoms with Crippen LogP contribution in [0.1, 0.15) is 30.0 Å². The van der Waals surface area contributed by atoms with Crippen LogP contribution >= 0.6 is 0 Å². The number of amides is 2. The van der Waals surface area contributed by atoms with Gasteiger partial charge in [-0.3, -0.25) is 19.7 Å². The molecule has 0 heterocycles. The third kappa shape index (κ3) is 5.16. The Kier molecular flexibility index (Phi) is 7.26. The van der Waals surface area contributed by atoms with Gasteiger partial charge in [0, 0.05) is 25.2 Å². The molecule has 1 atom stereocenters. The minimum absolute atomic E-state index is 0.0980. The van der Waals surface area contributed by atoms with Crippen molar-refractivity contribution in [2.75, 3.05) is 7.05 Å². The Morgan fingerprint density at radius 2 is 1.79 bits per heavy atom. The summed E-state index contributed by atoms with van der Waals surface area (Å²) >= 11 is 0. The van der Waals surface area contributed by atoms with E-state index in [2.05, 4.69) is 5.32 Å². The van der Waals surface area contributed by atoms with Gasteiger partial charge >= 0.3 is 0 Å². The van der Waals surface area contributed by atoms with Crippen LogP contribution in [-0.4, -0.2) is 34.7 Å². The highest BCUT2D eigenvalue weighted by molar-refractivity contribution is 5.88. The zero-order valence-corrected chi connectivity index (χ0v) is 16.3. The molecular weight excluding hydrogens is 358 g/mol. The maximum atomic E-state index is 13.1. The molecule has 0 aliphatic rings. The van der Waals surface area contributed by atoms with Crippen molar-refractivity contribution >= 4 is 17.5 Å². The second kappa shape index (κ2) is 9.64. The maximum absolute atomic E-state index is 13.1. The van der Waals surface area contributed by atoms with Gasteiger partial charge in [-0.1, -0.05) is 55.0 Å². The van der Waals surface area contributed by atoms with Crippen LogP contribution in [0.5, 0.6) is 0 Å². The number of nitrogens with one attached hydrogen (secondary N) is 1. The molecule has 2 amide bonds. The molecular formula is C21H25N3O4. The molecule has 0 aliphatic heterocycles. The SMILES string of the molecule is CC[C@@H](C(=O)NC)N(Cc1ccc(C)cc1)C(=O)Cc1ccccc1[N+](=O)[O-]. The first-order chi connectivity index (χ1) is 13.4. The summed E-state index contributed by atoms with van der Waals surface area (Å²) in [7, 11) is 1.53. The molecule has 0 radical (unpaired) electrons. The van der Waals surface area contributed by atoms with E-state index in [1.165, 1.54) is 18.0 Å². The van der Waals surface area contributed by atoms with Gasteiger partial charge in [-0.2, -0.15) is 0 Å². The zero-order valence-electron chi connectivity index (χ0n) is 16.3. The van der Waals surface area contributed by atoms with Crippen LogP contribution in [0.2, 0.25) is 0 Å². The molecule has 0 spiro atoms. The van der Waals surface area contributed by atoms with E-state index in [1.54, 1.807) is 18.2 Å². The number of carbonyl (C=O) groups excluding carboxylic acids is 2. The quantitative estimate of drug-likeness (QED) is 0.560. The predicted molar refractivity (Wildman–Crippen MR) is 107 cm³/mol. The van der Waals surface area contributed by atoms with Crippen molar-refractivity contribution in [3.8, 4) is 0 Å². The summed E-state index contributed by atoms with van der Waals surface area (Å²) in [5.41, 5.74) is 2.22. The second-order valence-corrected chi connectivity index (χ2v) is 6.61. The van der Waals surface area contributed by atoms with Gasteiger partial charge in [0.25, 0.3) is 5.69 Å². The van der Waals surface area contributed by atoms with Gasteiger partial charge in [0.05, 0.1) is 11.3 Å². The van der Waals surface area contributed by atoms with Crippen LogP contribution in [0, 0.1) is 17.0 Å². The summed E-state index contributed by atoms with van der Waals surface area (Å²) in [6.07, 6.45) is 0.296. The lowest BCUT2D eigenvalue weighted by molar-refractivity contribution is -0.385. The van der Waals surface area contributed by atoms with Gasteiger partial charge in [0.15, 0.2) is 0 Å². The number of benzene rings is 2. The topological polar surface area (TPSA) is 92.6 Å². The summed E-state index contributed by atoms with van der Waals surface area (Å²) in [5.74, 6) is -0.587. The minimum atomic E-state index is -0.651.